The Bertz CT molecular complexity index is 1160. The molecule has 1 aliphatic rings. The summed E-state index contributed by atoms with van der Waals surface area (Å²) < 4.78 is 0. The minimum absolute atomic E-state index is 0.118. The van der Waals surface area contributed by atoms with E-state index in [0.29, 0.717) is 5.57 Å². The van der Waals surface area contributed by atoms with Crippen LogP contribution in [0.25, 0.3) is 33.5 Å². The van der Waals surface area contributed by atoms with Crippen LogP contribution in [0.3, 0.4) is 0 Å². The quantitative estimate of drug-likeness (QED) is 0.531. The number of nitrogens with zero attached hydrogens (tertiary/aromatic N) is 3. The van der Waals surface area contributed by atoms with Crippen LogP contribution < -0.4 is 5.32 Å². The monoisotopic (exact) mass is 371 g/mol. The molecule has 1 aliphatic heterocycles. The first-order valence-electron chi connectivity index (χ1n) is 8.30. The molecule has 5 rings (SSSR count). The number of hydrogen-bond donors (Lipinski definition) is 2. The third-order valence-corrected chi connectivity index (χ3v) is 5.24. The van der Waals surface area contributed by atoms with E-state index in [1.807, 2.05) is 35.7 Å². The number of imidazole rings is 1. The third-order valence-electron chi connectivity index (χ3n) is 4.35. The van der Waals surface area contributed by atoms with E-state index in [0.717, 1.165) is 38.8 Å². The number of aromatic nitrogens is 4. The number of fused-ring (bicyclic) bond motifs is 1. The van der Waals surface area contributed by atoms with E-state index in [2.05, 4.69) is 20.3 Å². The zero-order chi connectivity index (χ0) is 18.2. The van der Waals surface area contributed by atoms with Crippen molar-refractivity contribution >= 4 is 34.6 Å². The van der Waals surface area contributed by atoms with Gasteiger partial charge in [-0.3, -0.25) is 9.78 Å². The minimum Gasteiger partial charge on any atom is -0.345 e. The highest BCUT2D eigenvalue weighted by Gasteiger charge is 2.25. The largest absolute Gasteiger partial charge is 0.345 e. The van der Waals surface area contributed by atoms with E-state index >= 15 is 0 Å². The molecule has 4 heterocycles. The number of carbonyl (C=O) groups is 1. The van der Waals surface area contributed by atoms with Crippen LogP contribution in [0.1, 0.15) is 11.3 Å². The fraction of sp³-hybridized carbons (Fsp3) is 0. The Morgan fingerprint density at radius 3 is 2.74 bits per heavy atom. The Morgan fingerprint density at radius 1 is 1.04 bits per heavy atom. The van der Waals surface area contributed by atoms with Crippen molar-refractivity contribution in [2.45, 2.75) is 0 Å². The SMILES string of the molecule is O=C1Nc2ccc(-c3csc(-c4ccncc4)n3)cc2C1=Cc1cnc[nH]1. The number of amides is 1. The van der Waals surface area contributed by atoms with Crippen molar-refractivity contribution in [3.63, 3.8) is 0 Å². The van der Waals surface area contributed by atoms with Crippen molar-refractivity contribution in [3.05, 3.63) is 71.9 Å². The van der Waals surface area contributed by atoms with Crippen LogP contribution in [-0.4, -0.2) is 25.8 Å². The van der Waals surface area contributed by atoms with Gasteiger partial charge in [0.15, 0.2) is 0 Å². The Kier molecular flexibility index (Phi) is 3.65. The molecule has 27 heavy (non-hydrogen) atoms. The summed E-state index contributed by atoms with van der Waals surface area (Å²) in [5.74, 6) is -0.118. The highest BCUT2D eigenvalue weighted by molar-refractivity contribution is 7.13. The molecular formula is C20H13N5OS. The lowest BCUT2D eigenvalue weighted by atomic mass is 10.0. The molecule has 0 spiro atoms. The first kappa shape index (κ1) is 15.7. The van der Waals surface area contributed by atoms with Crippen LogP contribution in [0.2, 0.25) is 0 Å². The second-order valence-electron chi connectivity index (χ2n) is 6.05. The van der Waals surface area contributed by atoms with Gasteiger partial charge < -0.3 is 10.3 Å². The normalized spacial score (nSPS) is 14.4. The fourth-order valence-electron chi connectivity index (χ4n) is 3.03. The van der Waals surface area contributed by atoms with E-state index in [1.54, 1.807) is 42.3 Å². The van der Waals surface area contributed by atoms with E-state index in [9.17, 15) is 4.79 Å². The molecule has 0 fully saturated rings. The van der Waals surface area contributed by atoms with Crippen molar-refractivity contribution in [2.75, 3.05) is 5.32 Å². The first-order valence-corrected chi connectivity index (χ1v) is 9.18. The molecule has 130 valence electrons. The van der Waals surface area contributed by atoms with E-state index < -0.39 is 0 Å². The van der Waals surface area contributed by atoms with Gasteiger partial charge in [0.25, 0.3) is 5.91 Å². The van der Waals surface area contributed by atoms with Crippen molar-refractivity contribution in [2.24, 2.45) is 0 Å². The van der Waals surface area contributed by atoms with Crippen molar-refractivity contribution < 1.29 is 4.79 Å². The molecule has 3 aromatic heterocycles. The van der Waals surface area contributed by atoms with Crippen LogP contribution in [0.15, 0.2) is 60.6 Å². The van der Waals surface area contributed by atoms with Crippen LogP contribution >= 0.6 is 11.3 Å². The van der Waals surface area contributed by atoms with Crippen molar-refractivity contribution in [3.8, 4) is 21.8 Å². The fourth-order valence-corrected chi connectivity index (χ4v) is 3.86. The second kappa shape index (κ2) is 6.30. The summed E-state index contributed by atoms with van der Waals surface area (Å²) in [6.07, 6.45) is 8.60. The summed E-state index contributed by atoms with van der Waals surface area (Å²) in [5.41, 5.74) is 5.96. The third kappa shape index (κ3) is 2.84. The number of pyridine rings is 1. The Labute approximate surface area is 158 Å². The molecular weight excluding hydrogens is 358 g/mol. The van der Waals surface area contributed by atoms with Gasteiger partial charge in [-0.1, -0.05) is 6.07 Å². The molecule has 0 saturated carbocycles. The van der Waals surface area contributed by atoms with Gasteiger partial charge in [-0.25, -0.2) is 9.97 Å². The average Bonchev–Trinajstić information content (AvgIpc) is 3.44. The minimum atomic E-state index is -0.118. The Morgan fingerprint density at radius 2 is 1.93 bits per heavy atom. The summed E-state index contributed by atoms with van der Waals surface area (Å²) in [7, 11) is 0. The number of thiazole rings is 1. The number of hydrogen-bond acceptors (Lipinski definition) is 5. The number of nitrogens with one attached hydrogen (secondary N) is 2. The van der Waals surface area contributed by atoms with Crippen LogP contribution in [0.4, 0.5) is 5.69 Å². The maximum atomic E-state index is 12.4. The summed E-state index contributed by atoms with van der Waals surface area (Å²) >= 11 is 1.59. The Balaban J connectivity index is 1.54. The van der Waals surface area contributed by atoms with Crippen molar-refractivity contribution in [1.82, 2.24) is 19.9 Å². The maximum Gasteiger partial charge on any atom is 0.256 e. The molecule has 0 bridgehead atoms. The molecule has 4 aromatic rings. The number of rotatable bonds is 3. The summed E-state index contributed by atoms with van der Waals surface area (Å²) in [4.78, 5) is 28.1. The summed E-state index contributed by atoms with van der Waals surface area (Å²) in [6.45, 7) is 0. The highest BCUT2D eigenvalue weighted by atomic mass is 32.1. The molecule has 1 amide bonds. The zero-order valence-electron chi connectivity index (χ0n) is 14.0. The summed E-state index contributed by atoms with van der Waals surface area (Å²) in [5, 5.41) is 5.87. The predicted octanol–water partition coefficient (Wildman–Crippen LogP) is 4.09. The van der Waals surface area contributed by atoms with Gasteiger partial charge in [-0.15, -0.1) is 11.3 Å². The van der Waals surface area contributed by atoms with Crippen LogP contribution in [-0.2, 0) is 4.79 Å². The van der Waals surface area contributed by atoms with Gasteiger partial charge in [0.1, 0.15) is 5.01 Å². The molecule has 0 saturated heterocycles. The topological polar surface area (TPSA) is 83.6 Å². The van der Waals surface area contributed by atoms with E-state index in [1.165, 1.54) is 0 Å². The number of benzene rings is 1. The smallest absolute Gasteiger partial charge is 0.256 e. The van der Waals surface area contributed by atoms with Gasteiger partial charge in [0.2, 0.25) is 0 Å². The number of aromatic amines is 1. The van der Waals surface area contributed by atoms with Crippen LogP contribution in [0.5, 0.6) is 0 Å². The molecule has 0 aliphatic carbocycles. The second-order valence-corrected chi connectivity index (χ2v) is 6.91. The van der Waals surface area contributed by atoms with Crippen LogP contribution in [0, 0.1) is 0 Å². The highest BCUT2D eigenvalue weighted by Crippen LogP contribution is 2.37. The lowest BCUT2D eigenvalue weighted by Crippen LogP contribution is -2.03. The Hall–Kier alpha value is -3.58. The molecule has 0 atom stereocenters. The number of H-pyrrole nitrogens is 1. The van der Waals surface area contributed by atoms with Gasteiger partial charge in [0, 0.05) is 40.2 Å². The van der Waals surface area contributed by atoms with E-state index in [-0.39, 0.29) is 5.91 Å². The zero-order valence-corrected chi connectivity index (χ0v) is 14.8. The lowest BCUT2D eigenvalue weighted by Gasteiger charge is -2.02. The van der Waals surface area contributed by atoms with Gasteiger partial charge in [-0.05, 0) is 30.3 Å². The number of anilines is 1. The lowest BCUT2D eigenvalue weighted by molar-refractivity contribution is -0.110. The molecule has 1 aromatic carbocycles. The molecule has 0 radical (unpaired) electrons. The van der Waals surface area contributed by atoms with E-state index in [4.69, 9.17) is 4.98 Å². The van der Waals surface area contributed by atoms with Gasteiger partial charge in [0.05, 0.1) is 29.5 Å². The van der Waals surface area contributed by atoms with Gasteiger partial charge in [-0.2, -0.15) is 0 Å². The molecule has 7 heteroatoms. The van der Waals surface area contributed by atoms with Gasteiger partial charge >= 0.3 is 0 Å². The predicted molar refractivity (Wildman–Crippen MR) is 106 cm³/mol. The molecule has 6 nitrogen and oxygen atoms in total. The maximum absolute atomic E-state index is 12.4. The van der Waals surface area contributed by atoms with Crippen molar-refractivity contribution in [1.29, 1.82) is 0 Å². The summed E-state index contributed by atoms with van der Waals surface area (Å²) in [6, 6.07) is 9.78. The molecule has 0 unspecified atom stereocenters. The average molecular weight is 371 g/mol. The first-order chi connectivity index (χ1) is 13.3. The number of carbonyl (C=O) groups excluding carboxylic acids is 1. The molecule has 2 N–H and O–H groups in total. The standard InChI is InChI=1S/C20H13N5OS/c26-19-16(8-14-9-22-11-23-14)15-7-13(1-2-17(15)24-19)18-10-27-20(25-18)12-3-5-21-6-4-12/h1-11H,(H,22,23)(H,24,26).